The van der Waals surface area contributed by atoms with Gasteiger partial charge in [-0.25, -0.2) is 0 Å². The normalized spacial score (nSPS) is 13.1. The largest absolute Gasteiger partial charge is 0.311 e. The Hall–Kier alpha value is -10.8. The first-order valence-electron chi connectivity index (χ1n) is 29.3. The Morgan fingerprint density at radius 3 is 1.00 bits per heavy atom. The predicted octanol–water partition coefficient (Wildman–Crippen LogP) is 15.8. The van der Waals surface area contributed by atoms with Crippen molar-refractivity contribution in [1.29, 1.82) is 0 Å². The Morgan fingerprint density at radius 2 is 0.595 bits per heavy atom. The van der Waals surface area contributed by atoms with E-state index in [0.717, 1.165) is 11.4 Å². The lowest BCUT2D eigenvalue weighted by Crippen LogP contribution is -2.64. The second-order valence-electron chi connectivity index (χ2n) is 23.1. The van der Waals surface area contributed by atoms with Gasteiger partial charge >= 0.3 is 0 Å². The van der Waals surface area contributed by atoms with Crippen LogP contribution in [0, 0.1) is 0 Å². The lowest BCUT2D eigenvalue weighted by atomic mass is 9.30. The molecule has 84 heavy (non-hydrogen) atoms. The van der Waals surface area contributed by atoms with Crippen LogP contribution in [0.2, 0.25) is 0 Å². The van der Waals surface area contributed by atoms with Crippen LogP contribution in [0.15, 0.2) is 291 Å². The molecule has 0 atom stereocenters. The minimum Gasteiger partial charge on any atom is -0.311 e. The van der Waals surface area contributed by atoms with Crippen molar-refractivity contribution < 1.29 is 0 Å². The van der Waals surface area contributed by atoms with Gasteiger partial charge in [-0.1, -0.05) is 224 Å². The molecule has 0 unspecified atom stereocenters. The molecule has 0 spiro atoms. The van der Waals surface area contributed by atoms with Crippen molar-refractivity contribution in [2.24, 2.45) is 0 Å². The first-order valence-corrected chi connectivity index (χ1v) is 29.3. The van der Waals surface area contributed by atoms with Gasteiger partial charge in [-0.3, -0.25) is 0 Å². The first-order chi connectivity index (χ1) is 41.7. The summed E-state index contributed by atoms with van der Waals surface area (Å²) in [6.45, 7) is -0.192. The summed E-state index contributed by atoms with van der Waals surface area (Å²) >= 11 is 0. The Morgan fingerprint density at radius 1 is 0.238 bits per heavy atom. The molecule has 6 heteroatoms. The molecule has 13 aromatic carbocycles. The lowest BCUT2D eigenvalue weighted by molar-refractivity contribution is 1.14. The quantitative estimate of drug-likeness (QED) is 0.154. The van der Waals surface area contributed by atoms with Crippen LogP contribution in [0.4, 0.5) is 34.1 Å². The molecule has 0 radical (unpaired) electrons. The van der Waals surface area contributed by atoms with E-state index < -0.39 is 0 Å². The van der Waals surface area contributed by atoms with Crippen LogP contribution >= 0.6 is 0 Å². The van der Waals surface area contributed by atoms with Crippen molar-refractivity contribution in [1.82, 2.24) is 9.13 Å². The summed E-state index contributed by atoms with van der Waals surface area (Å²) in [6.07, 6.45) is 0. The minimum absolute atomic E-state index is 0.0960. The molecule has 15 aromatic rings. The molecule has 0 saturated carbocycles. The number of hydrogen-bond donors (Lipinski definition) is 0. The number of benzene rings is 13. The van der Waals surface area contributed by atoms with Crippen LogP contribution in [0.5, 0.6) is 0 Å². The second-order valence-corrected chi connectivity index (χ2v) is 23.1. The Labute approximate surface area is 487 Å². The van der Waals surface area contributed by atoms with Gasteiger partial charge in [0.05, 0.1) is 22.1 Å². The third-order valence-corrected chi connectivity index (χ3v) is 18.8. The highest BCUT2D eigenvalue weighted by molar-refractivity contribution is 7.03. The molecule has 4 nitrogen and oxygen atoms in total. The van der Waals surface area contributed by atoms with Gasteiger partial charge in [-0.2, -0.15) is 0 Å². The van der Waals surface area contributed by atoms with Crippen molar-refractivity contribution >= 4 is 124 Å². The van der Waals surface area contributed by atoms with E-state index in [-0.39, 0.29) is 13.4 Å². The third kappa shape index (κ3) is 6.23. The zero-order valence-corrected chi connectivity index (χ0v) is 45.7. The van der Waals surface area contributed by atoms with Crippen LogP contribution in [-0.2, 0) is 0 Å². The summed E-state index contributed by atoms with van der Waals surface area (Å²) in [5, 5.41) is 5.04. The second kappa shape index (κ2) is 17.4. The van der Waals surface area contributed by atoms with E-state index in [9.17, 15) is 0 Å². The van der Waals surface area contributed by atoms with Crippen molar-refractivity contribution in [3.05, 3.63) is 291 Å². The summed E-state index contributed by atoms with van der Waals surface area (Å²) in [5.74, 6) is 0. The fraction of sp³-hybridized carbons (Fsp3) is 0. The number of para-hydroxylation sites is 4. The number of aromatic nitrogens is 2. The summed E-state index contributed by atoms with van der Waals surface area (Å²) in [6, 6.07) is 109. The average molecular weight is 1060 g/mol. The standard InChI is InChI=1S/C78H48B2N4/c1-7-23-49(24-8-1)53-39-41-57-67(43-53)83-69-48-70-64(47-63(69)79-61-35-19-21-37-65(61)81(55-31-15-5-16-32-55)71-45-59(51-27-11-3-12-28-51)73(57)77(83)75(71)79)80-62-36-20-22-38-66(62)82(56-33-17-6-18-34-56)72-46-60(52-29-13-4-14-30-52)74-58-42-40-54(50-25-9-2-10-26-50)44-68(58)84(70)78(74)76(72)80/h1-48H. The topological polar surface area (TPSA) is 16.3 Å². The SMILES string of the molecule is c1ccc(-c2ccc3c4c(-c5ccccc5)cc5c6c4n(c3c2)-c2cc3c(cc2B6c2ccccc2N5c2ccccc2)B2c4ccccc4N(c4ccccc4)c4cc(-c5ccccc5)c5c6ccc(-c7ccccc7)cc6n-3c5c42)cc1. The molecule has 0 amide bonds. The maximum Gasteiger partial charge on any atom is 0.252 e. The van der Waals surface area contributed by atoms with E-state index in [1.165, 1.54) is 155 Å². The summed E-state index contributed by atoms with van der Waals surface area (Å²) in [4.78, 5) is 5.09. The Balaban J connectivity index is 1.02. The summed E-state index contributed by atoms with van der Waals surface area (Å²) in [5.41, 5.74) is 32.0. The van der Waals surface area contributed by atoms with Crippen molar-refractivity contribution in [2.45, 2.75) is 0 Å². The number of nitrogens with zero attached hydrogens (tertiary/aromatic N) is 4. The van der Waals surface area contributed by atoms with E-state index in [4.69, 9.17) is 0 Å². The van der Waals surface area contributed by atoms with Crippen LogP contribution in [-0.4, -0.2) is 22.6 Å². The van der Waals surface area contributed by atoms with E-state index >= 15 is 0 Å². The lowest BCUT2D eigenvalue weighted by Gasteiger charge is -2.42. The Bertz CT molecular complexity index is 4930. The highest BCUT2D eigenvalue weighted by Gasteiger charge is 2.47. The summed E-state index contributed by atoms with van der Waals surface area (Å²) < 4.78 is 5.38. The highest BCUT2D eigenvalue weighted by atomic mass is 15.2. The van der Waals surface area contributed by atoms with E-state index in [1.807, 2.05) is 0 Å². The van der Waals surface area contributed by atoms with Gasteiger partial charge in [0.15, 0.2) is 0 Å². The molecule has 0 fully saturated rings. The van der Waals surface area contributed by atoms with Gasteiger partial charge in [0, 0.05) is 67.0 Å². The molecule has 4 aliphatic rings. The average Bonchev–Trinajstić information content (AvgIpc) is 1.43. The van der Waals surface area contributed by atoms with Gasteiger partial charge in [-0.05, 0) is 144 Å². The van der Waals surface area contributed by atoms with Crippen LogP contribution < -0.4 is 42.6 Å². The highest BCUT2D eigenvalue weighted by Crippen LogP contribution is 2.50. The molecule has 0 saturated heterocycles. The Kier molecular flexibility index (Phi) is 9.48. The monoisotopic (exact) mass is 1060 g/mol. The summed E-state index contributed by atoms with van der Waals surface area (Å²) in [7, 11) is 0. The molecule has 0 N–H and O–H groups in total. The zero-order valence-electron chi connectivity index (χ0n) is 45.7. The number of anilines is 6. The smallest absolute Gasteiger partial charge is 0.252 e. The van der Waals surface area contributed by atoms with Crippen LogP contribution in [0.1, 0.15) is 0 Å². The molecule has 6 heterocycles. The van der Waals surface area contributed by atoms with E-state index in [2.05, 4.69) is 310 Å². The third-order valence-electron chi connectivity index (χ3n) is 18.8. The first kappa shape index (κ1) is 45.9. The molecule has 386 valence electrons. The van der Waals surface area contributed by atoms with Crippen LogP contribution in [0.3, 0.4) is 0 Å². The van der Waals surface area contributed by atoms with Gasteiger partial charge in [0.2, 0.25) is 0 Å². The molecule has 0 bridgehead atoms. The number of rotatable bonds is 6. The van der Waals surface area contributed by atoms with E-state index in [0.29, 0.717) is 0 Å². The van der Waals surface area contributed by atoms with Gasteiger partial charge in [-0.15, -0.1) is 0 Å². The fourth-order valence-corrected chi connectivity index (χ4v) is 15.5. The number of hydrogen-bond acceptors (Lipinski definition) is 2. The molecular formula is C78H48B2N4. The predicted molar refractivity (Wildman–Crippen MR) is 356 cm³/mol. The maximum absolute atomic E-state index is 2.69. The van der Waals surface area contributed by atoms with Gasteiger partial charge in [0.25, 0.3) is 13.4 Å². The fourth-order valence-electron chi connectivity index (χ4n) is 15.5. The molecule has 4 aliphatic heterocycles. The molecule has 19 rings (SSSR count). The molecule has 2 aromatic heterocycles. The zero-order chi connectivity index (χ0) is 54.7. The molecule has 0 aliphatic carbocycles. The van der Waals surface area contributed by atoms with Crippen LogP contribution in [0.25, 0.3) is 99.5 Å². The molecular weight excluding hydrogens is 1010 g/mol. The van der Waals surface area contributed by atoms with E-state index in [1.54, 1.807) is 0 Å². The number of fused-ring (bicyclic) bond motifs is 16. The van der Waals surface area contributed by atoms with Crippen molar-refractivity contribution in [3.63, 3.8) is 0 Å². The maximum atomic E-state index is 2.69. The minimum atomic E-state index is -0.0960. The van der Waals surface area contributed by atoms with Crippen molar-refractivity contribution in [2.75, 3.05) is 9.80 Å². The van der Waals surface area contributed by atoms with Gasteiger partial charge in [0.1, 0.15) is 0 Å². The van der Waals surface area contributed by atoms with Gasteiger partial charge < -0.3 is 18.9 Å². The van der Waals surface area contributed by atoms with Crippen molar-refractivity contribution in [3.8, 4) is 55.9 Å².